The van der Waals surface area contributed by atoms with Gasteiger partial charge < -0.3 is 19.3 Å². The van der Waals surface area contributed by atoms with Gasteiger partial charge in [0.25, 0.3) is 0 Å². The molecule has 48 heavy (non-hydrogen) atoms. The molecule has 0 aromatic carbocycles. The smallest absolute Gasteiger partial charge is 0.462 e. The van der Waals surface area contributed by atoms with Gasteiger partial charge in [0, 0.05) is 12.8 Å². The Bertz CT molecular complexity index is 921. The highest BCUT2D eigenvalue weighted by molar-refractivity contribution is 7.46. The van der Waals surface area contributed by atoms with Gasteiger partial charge in [-0.25, -0.2) is 4.57 Å². The van der Waals surface area contributed by atoms with Crippen molar-refractivity contribution in [2.45, 2.75) is 174 Å². The summed E-state index contributed by atoms with van der Waals surface area (Å²) in [5.74, 6) is -0.933. The number of esters is 2. The quantitative estimate of drug-likeness (QED) is 0.0295. The van der Waals surface area contributed by atoms with E-state index in [2.05, 4.69) is 67.0 Å². The normalized spacial score (nSPS) is 13.0. The van der Waals surface area contributed by atoms with Crippen LogP contribution in [-0.4, -0.2) is 41.0 Å². The van der Waals surface area contributed by atoms with Crippen molar-refractivity contribution in [3.63, 3.8) is 0 Å². The van der Waals surface area contributed by atoms with Crippen LogP contribution in [0.4, 0.5) is 0 Å². The molecule has 0 spiro atoms. The zero-order valence-corrected chi connectivity index (χ0v) is 31.3. The van der Waals surface area contributed by atoms with E-state index in [4.69, 9.17) is 19.3 Å². The Kier molecular flexibility index (Phi) is 33.4. The van der Waals surface area contributed by atoms with Gasteiger partial charge in [-0.05, 0) is 51.4 Å². The lowest BCUT2D eigenvalue weighted by molar-refractivity contribution is -0.161. The molecule has 0 saturated carbocycles. The summed E-state index contributed by atoms with van der Waals surface area (Å²) < 4.78 is 26.3. The van der Waals surface area contributed by atoms with Crippen LogP contribution in [0, 0.1) is 0 Å². The molecule has 2 N–H and O–H groups in total. The van der Waals surface area contributed by atoms with Crippen molar-refractivity contribution < 1.29 is 37.9 Å². The molecule has 0 heterocycles. The number of hydrogen-bond acceptors (Lipinski definition) is 6. The molecule has 0 aromatic rings. The van der Waals surface area contributed by atoms with E-state index < -0.39 is 32.5 Å². The summed E-state index contributed by atoms with van der Waals surface area (Å²) in [7, 11) is -4.76. The third-order valence-electron chi connectivity index (χ3n) is 7.86. The molecule has 0 aliphatic rings. The topological polar surface area (TPSA) is 119 Å². The predicted octanol–water partition coefficient (Wildman–Crippen LogP) is 11.2. The Morgan fingerprint density at radius 2 is 1.00 bits per heavy atom. The Morgan fingerprint density at radius 3 is 1.50 bits per heavy atom. The van der Waals surface area contributed by atoms with Crippen LogP contribution < -0.4 is 0 Å². The van der Waals surface area contributed by atoms with Gasteiger partial charge in [-0.2, -0.15) is 0 Å². The zero-order valence-electron chi connectivity index (χ0n) is 30.4. The molecule has 278 valence electrons. The van der Waals surface area contributed by atoms with Crippen molar-refractivity contribution in [1.82, 2.24) is 0 Å². The number of hydrogen-bond donors (Lipinski definition) is 2. The number of rotatable bonds is 34. The fourth-order valence-electron chi connectivity index (χ4n) is 5.07. The van der Waals surface area contributed by atoms with Crippen molar-refractivity contribution >= 4 is 19.8 Å². The highest BCUT2D eigenvalue weighted by Gasteiger charge is 2.22. The third kappa shape index (κ3) is 36.8. The zero-order chi connectivity index (χ0) is 35.4. The Labute approximate surface area is 293 Å². The van der Waals surface area contributed by atoms with Crippen LogP contribution in [0.1, 0.15) is 168 Å². The fraction of sp³-hybridized carbons (Fsp3) is 0.744. The molecule has 0 unspecified atom stereocenters. The first-order chi connectivity index (χ1) is 23.3. The summed E-state index contributed by atoms with van der Waals surface area (Å²) in [4.78, 5) is 42.7. The molecule has 0 bridgehead atoms. The largest absolute Gasteiger partial charge is 0.469 e. The van der Waals surface area contributed by atoms with Gasteiger partial charge in [-0.1, -0.05) is 152 Å². The number of phosphoric ester groups is 1. The highest BCUT2D eigenvalue weighted by atomic mass is 31.2. The van der Waals surface area contributed by atoms with Gasteiger partial charge in [-0.3, -0.25) is 14.1 Å². The van der Waals surface area contributed by atoms with Crippen LogP contribution in [0.15, 0.2) is 48.6 Å². The number of ether oxygens (including phenoxy) is 2. The molecule has 1 atom stereocenters. The standard InChI is InChI=1S/C39H69O8P/c1-3-5-7-9-11-13-15-17-19-21-23-25-27-29-31-33-38(40)45-35-37(36-46-48(42,43)44)47-39(41)34-32-30-28-26-24-22-20-18-16-14-12-10-8-6-4-2/h6,8,12,14,18,20,24,26,37H,3-5,7,9-11,13,15-17,19,21-23,25,27-36H2,1-2H3,(H2,42,43,44)/b8-6-,14-12-,20-18-,26-24-/t37-/m1/s1. The van der Waals surface area contributed by atoms with E-state index in [-0.39, 0.29) is 19.4 Å². The lowest BCUT2D eigenvalue weighted by Gasteiger charge is -2.18. The first-order valence-corrected chi connectivity index (χ1v) is 20.5. The average molecular weight is 697 g/mol. The number of unbranched alkanes of at least 4 members (excludes halogenated alkanes) is 16. The average Bonchev–Trinajstić information content (AvgIpc) is 3.05. The van der Waals surface area contributed by atoms with Gasteiger partial charge in [0.15, 0.2) is 6.10 Å². The number of carbonyl (C=O) groups excluding carboxylic acids is 2. The second-order valence-corrected chi connectivity index (χ2v) is 13.8. The Balaban J connectivity index is 4.03. The molecular weight excluding hydrogens is 627 g/mol. The summed E-state index contributed by atoms with van der Waals surface area (Å²) >= 11 is 0. The van der Waals surface area contributed by atoms with E-state index in [0.29, 0.717) is 6.42 Å². The molecule has 0 aliphatic carbocycles. The third-order valence-corrected chi connectivity index (χ3v) is 8.35. The van der Waals surface area contributed by atoms with Gasteiger partial charge >= 0.3 is 19.8 Å². The van der Waals surface area contributed by atoms with Gasteiger partial charge in [-0.15, -0.1) is 0 Å². The molecular formula is C39H69O8P. The first kappa shape index (κ1) is 46.0. The fourth-order valence-corrected chi connectivity index (χ4v) is 5.43. The van der Waals surface area contributed by atoms with Crippen LogP contribution >= 0.6 is 7.82 Å². The van der Waals surface area contributed by atoms with E-state index in [1.165, 1.54) is 77.0 Å². The minimum absolute atomic E-state index is 0.160. The number of carbonyl (C=O) groups is 2. The minimum atomic E-state index is -4.76. The number of phosphoric acid groups is 1. The van der Waals surface area contributed by atoms with Gasteiger partial charge in [0.05, 0.1) is 6.61 Å². The molecule has 0 saturated heterocycles. The molecule has 0 amide bonds. The van der Waals surface area contributed by atoms with E-state index in [9.17, 15) is 14.2 Å². The van der Waals surface area contributed by atoms with Crippen LogP contribution in [0.2, 0.25) is 0 Å². The summed E-state index contributed by atoms with van der Waals surface area (Å²) in [5, 5.41) is 0. The molecule has 0 aliphatic heterocycles. The maximum absolute atomic E-state index is 12.3. The van der Waals surface area contributed by atoms with Crippen LogP contribution in [0.3, 0.4) is 0 Å². The van der Waals surface area contributed by atoms with Gasteiger partial charge in [0.2, 0.25) is 0 Å². The van der Waals surface area contributed by atoms with Crippen LogP contribution in [0.5, 0.6) is 0 Å². The summed E-state index contributed by atoms with van der Waals surface area (Å²) in [6.45, 7) is 3.53. The second kappa shape index (κ2) is 34.9. The maximum Gasteiger partial charge on any atom is 0.469 e. The monoisotopic (exact) mass is 696 g/mol. The summed E-state index contributed by atoms with van der Waals surface area (Å²) in [6, 6.07) is 0. The summed E-state index contributed by atoms with van der Waals surface area (Å²) in [6.07, 6.45) is 41.2. The summed E-state index contributed by atoms with van der Waals surface area (Å²) in [5.41, 5.74) is 0. The minimum Gasteiger partial charge on any atom is -0.462 e. The molecule has 8 nitrogen and oxygen atoms in total. The van der Waals surface area contributed by atoms with E-state index in [1.807, 2.05) is 0 Å². The Morgan fingerprint density at radius 1 is 0.562 bits per heavy atom. The lowest BCUT2D eigenvalue weighted by atomic mass is 10.0. The number of allylic oxidation sites excluding steroid dienone is 8. The van der Waals surface area contributed by atoms with E-state index in [1.54, 1.807) is 0 Å². The van der Waals surface area contributed by atoms with Crippen molar-refractivity contribution in [3.8, 4) is 0 Å². The highest BCUT2D eigenvalue weighted by Crippen LogP contribution is 2.36. The van der Waals surface area contributed by atoms with Crippen molar-refractivity contribution in [2.75, 3.05) is 13.2 Å². The molecule has 0 rings (SSSR count). The van der Waals surface area contributed by atoms with Crippen molar-refractivity contribution in [1.29, 1.82) is 0 Å². The molecule has 0 radical (unpaired) electrons. The second-order valence-electron chi connectivity index (χ2n) is 12.5. The SMILES string of the molecule is CC/C=C\C/C=C\C/C=C\C/C=C\CCCCC(=O)O[C@H](COC(=O)CCCCCCCCCCCCCCCCC)COP(=O)(O)O. The lowest BCUT2D eigenvalue weighted by Crippen LogP contribution is -2.29. The molecule has 0 aromatic heterocycles. The Hall–Kier alpha value is -1.99. The van der Waals surface area contributed by atoms with Crippen LogP contribution in [-0.2, 0) is 28.2 Å². The van der Waals surface area contributed by atoms with E-state index in [0.717, 1.165) is 57.8 Å². The molecule has 0 fully saturated rings. The van der Waals surface area contributed by atoms with Gasteiger partial charge in [0.1, 0.15) is 6.61 Å². The van der Waals surface area contributed by atoms with E-state index >= 15 is 0 Å². The van der Waals surface area contributed by atoms with Crippen molar-refractivity contribution in [3.05, 3.63) is 48.6 Å². The van der Waals surface area contributed by atoms with Crippen LogP contribution in [0.25, 0.3) is 0 Å². The molecule has 9 heteroatoms. The maximum atomic E-state index is 12.3. The first-order valence-electron chi connectivity index (χ1n) is 18.9. The van der Waals surface area contributed by atoms with Crippen molar-refractivity contribution in [2.24, 2.45) is 0 Å². The predicted molar refractivity (Wildman–Crippen MR) is 198 cm³/mol.